The zero-order valence-electron chi connectivity index (χ0n) is 11.3. The summed E-state index contributed by atoms with van der Waals surface area (Å²) in [5, 5.41) is 9.49. The van der Waals surface area contributed by atoms with Crippen LogP contribution in [0.2, 0.25) is 0 Å². The van der Waals surface area contributed by atoms with Gasteiger partial charge in [0, 0.05) is 13.1 Å². The Bertz CT molecular complexity index is 613. The van der Waals surface area contributed by atoms with Crippen LogP contribution in [0.15, 0.2) is 29.2 Å². The second-order valence-electron chi connectivity index (χ2n) is 5.18. The second kappa shape index (κ2) is 5.58. The molecule has 2 unspecified atom stereocenters. The average Bonchev–Trinajstić information content (AvgIpc) is 2.88. The number of halogens is 3. The van der Waals surface area contributed by atoms with E-state index in [1.54, 1.807) is 6.92 Å². The molecule has 1 aromatic rings. The molecule has 0 saturated carbocycles. The van der Waals surface area contributed by atoms with E-state index in [-0.39, 0.29) is 23.9 Å². The summed E-state index contributed by atoms with van der Waals surface area (Å²) in [5.41, 5.74) is -0.991. The van der Waals surface area contributed by atoms with Crippen molar-refractivity contribution in [3.8, 4) is 0 Å². The third-order valence-corrected chi connectivity index (χ3v) is 5.53. The molecular weight excluding hydrogens is 307 g/mol. The Morgan fingerprint density at radius 3 is 2.57 bits per heavy atom. The highest BCUT2D eigenvalue weighted by atomic mass is 32.2. The number of hydrogen-bond donors (Lipinski definition) is 1. The Kier molecular flexibility index (Phi) is 4.32. The molecule has 118 valence electrons. The van der Waals surface area contributed by atoms with Gasteiger partial charge in [0.2, 0.25) is 10.0 Å². The quantitative estimate of drug-likeness (QED) is 0.927. The minimum absolute atomic E-state index is 0.121. The van der Waals surface area contributed by atoms with Gasteiger partial charge >= 0.3 is 6.18 Å². The van der Waals surface area contributed by atoms with E-state index in [0.29, 0.717) is 12.5 Å². The van der Waals surface area contributed by atoms with Gasteiger partial charge in [-0.05, 0) is 37.5 Å². The van der Waals surface area contributed by atoms with Crippen LogP contribution < -0.4 is 0 Å². The Labute approximate surface area is 121 Å². The third kappa shape index (κ3) is 3.38. The van der Waals surface area contributed by atoms with Crippen LogP contribution in [0.4, 0.5) is 13.2 Å². The molecule has 2 rings (SSSR count). The number of nitrogens with zero attached hydrogens (tertiary/aromatic N) is 1. The Balaban J connectivity index is 2.29. The molecule has 4 nitrogen and oxygen atoms in total. The summed E-state index contributed by atoms with van der Waals surface area (Å²) in [6.07, 6.45) is -4.74. The summed E-state index contributed by atoms with van der Waals surface area (Å²) >= 11 is 0. The maximum Gasteiger partial charge on any atom is 0.416 e. The molecule has 0 aromatic heterocycles. The van der Waals surface area contributed by atoms with Crippen LogP contribution in [-0.2, 0) is 16.2 Å². The topological polar surface area (TPSA) is 57.6 Å². The maximum absolute atomic E-state index is 12.7. The predicted octanol–water partition coefficient (Wildman–Crippen LogP) is 2.10. The van der Waals surface area contributed by atoms with Crippen molar-refractivity contribution in [1.29, 1.82) is 0 Å². The number of benzene rings is 1. The van der Waals surface area contributed by atoms with Crippen LogP contribution in [0.1, 0.15) is 18.9 Å². The SMILES string of the molecule is CC(O)C1CCN(S(=O)(=O)c2cccc(C(F)(F)F)c2)C1. The lowest BCUT2D eigenvalue weighted by Crippen LogP contribution is -2.30. The first-order valence-electron chi connectivity index (χ1n) is 6.48. The Morgan fingerprint density at radius 2 is 2.05 bits per heavy atom. The molecule has 1 aliphatic heterocycles. The van der Waals surface area contributed by atoms with Crippen molar-refractivity contribution in [2.24, 2.45) is 5.92 Å². The average molecular weight is 323 g/mol. The van der Waals surface area contributed by atoms with Gasteiger partial charge in [-0.3, -0.25) is 0 Å². The van der Waals surface area contributed by atoms with E-state index in [1.165, 1.54) is 0 Å². The van der Waals surface area contributed by atoms with Gasteiger partial charge in [-0.1, -0.05) is 6.07 Å². The van der Waals surface area contributed by atoms with Crippen LogP contribution in [0.25, 0.3) is 0 Å². The molecule has 1 aliphatic rings. The molecule has 8 heteroatoms. The van der Waals surface area contributed by atoms with Gasteiger partial charge in [0.1, 0.15) is 0 Å². The summed E-state index contributed by atoms with van der Waals surface area (Å²) in [6, 6.07) is 3.71. The number of aliphatic hydroxyl groups is 1. The van der Waals surface area contributed by atoms with Crippen LogP contribution in [0, 0.1) is 5.92 Å². The zero-order valence-corrected chi connectivity index (χ0v) is 12.2. The lowest BCUT2D eigenvalue weighted by molar-refractivity contribution is -0.137. The molecule has 1 fully saturated rings. The molecule has 0 amide bonds. The second-order valence-corrected chi connectivity index (χ2v) is 7.12. The fraction of sp³-hybridized carbons (Fsp3) is 0.538. The largest absolute Gasteiger partial charge is 0.416 e. The van der Waals surface area contributed by atoms with Crippen molar-refractivity contribution >= 4 is 10.0 Å². The van der Waals surface area contributed by atoms with E-state index in [9.17, 15) is 26.7 Å². The van der Waals surface area contributed by atoms with E-state index < -0.39 is 27.9 Å². The molecule has 0 spiro atoms. The highest BCUT2D eigenvalue weighted by Crippen LogP contribution is 2.32. The summed E-state index contributed by atoms with van der Waals surface area (Å²) in [6.45, 7) is 1.90. The van der Waals surface area contributed by atoms with Gasteiger partial charge in [0.05, 0.1) is 16.6 Å². The molecule has 0 bridgehead atoms. The van der Waals surface area contributed by atoms with Crippen LogP contribution in [-0.4, -0.2) is 37.0 Å². The number of aliphatic hydroxyl groups excluding tert-OH is 1. The fourth-order valence-electron chi connectivity index (χ4n) is 2.35. The van der Waals surface area contributed by atoms with Gasteiger partial charge in [0.25, 0.3) is 0 Å². The summed E-state index contributed by atoms with van der Waals surface area (Å²) < 4.78 is 63.8. The number of rotatable bonds is 3. The van der Waals surface area contributed by atoms with E-state index in [4.69, 9.17) is 0 Å². The van der Waals surface area contributed by atoms with E-state index in [0.717, 1.165) is 22.5 Å². The maximum atomic E-state index is 12.7. The van der Waals surface area contributed by atoms with Crippen LogP contribution >= 0.6 is 0 Å². The van der Waals surface area contributed by atoms with Gasteiger partial charge in [-0.15, -0.1) is 0 Å². The number of alkyl halides is 3. The van der Waals surface area contributed by atoms with Gasteiger partial charge in [-0.2, -0.15) is 17.5 Å². The highest BCUT2D eigenvalue weighted by molar-refractivity contribution is 7.89. The fourth-order valence-corrected chi connectivity index (χ4v) is 3.91. The number of sulfonamides is 1. The lowest BCUT2D eigenvalue weighted by Gasteiger charge is -2.18. The minimum Gasteiger partial charge on any atom is -0.393 e. The van der Waals surface area contributed by atoms with Crippen molar-refractivity contribution in [2.45, 2.75) is 30.5 Å². The summed E-state index contributed by atoms with van der Waals surface area (Å²) in [7, 11) is -3.97. The van der Waals surface area contributed by atoms with Gasteiger partial charge < -0.3 is 5.11 Å². The van der Waals surface area contributed by atoms with Crippen molar-refractivity contribution in [3.63, 3.8) is 0 Å². The van der Waals surface area contributed by atoms with E-state index >= 15 is 0 Å². The molecule has 2 atom stereocenters. The molecular formula is C13H16F3NO3S. The molecule has 1 saturated heterocycles. The Hall–Kier alpha value is -1.12. The van der Waals surface area contributed by atoms with Gasteiger partial charge in [-0.25, -0.2) is 8.42 Å². The first-order chi connectivity index (χ1) is 9.62. The lowest BCUT2D eigenvalue weighted by atomic mass is 10.0. The minimum atomic E-state index is -4.58. The van der Waals surface area contributed by atoms with Crippen molar-refractivity contribution < 1.29 is 26.7 Å². The normalized spacial score (nSPS) is 22.4. The van der Waals surface area contributed by atoms with Crippen molar-refractivity contribution in [3.05, 3.63) is 29.8 Å². The first-order valence-corrected chi connectivity index (χ1v) is 7.92. The highest BCUT2D eigenvalue weighted by Gasteiger charge is 2.36. The molecule has 0 radical (unpaired) electrons. The van der Waals surface area contributed by atoms with Crippen molar-refractivity contribution in [2.75, 3.05) is 13.1 Å². The van der Waals surface area contributed by atoms with E-state index in [2.05, 4.69) is 0 Å². The monoisotopic (exact) mass is 323 g/mol. The van der Waals surface area contributed by atoms with E-state index in [1.807, 2.05) is 0 Å². The summed E-state index contributed by atoms with van der Waals surface area (Å²) in [5.74, 6) is -0.189. The Morgan fingerprint density at radius 1 is 1.38 bits per heavy atom. The van der Waals surface area contributed by atoms with Crippen LogP contribution in [0.5, 0.6) is 0 Å². The standard InChI is InChI=1S/C13H16F3NO3S/c1-9(18)10-5-6-17(8-10)21(19,20)12-4-2-3-11(7-12)13(14,15)16/h2-4,7,9-10,18H,5-6,8H2,1H3. The third-order valence-electron chi connectivity index (χ3n) is 3.67. The number of hydrogen-bond acceptors (Lipinski definition) is 3. The zero-order chi connectivity index (χ0) is 15.8. The first kappa shape index (κ1) is 16.3. The molecule has 21 heavy (non-hydrogen) atoms. The van der Waals surface area contributed by atoms with Crippen molar-refractivity contribution in [1.82, 2.24) is 4.31 Å². The summed E-state index contributed by atoms with van der Waals surface area (Å²) in [4.78, 5) is -0.372. The smallest absolute Gasteiger partial charge is 0.393 e. The van der Waals surface area contributed by atoms with Gasteiger partial charge in [0.15, 0.2) is 0 Å². The molecule has 1 aromatic carbocycles. The molecule has 1 N–H and O–H groups in total. The predicted molar refractivity (Wildman–Crippen MR) is 70.0 cm³/mol. The molecule has 0 aliphatic carbocycles. The van der Waals surface area contributed by atoms with Crippen LogP contribution in [0.3, 0.4) is 0 Å². The molecule has 1 heterocycles.